The van der Waals surface area contributed by atoms with Gasteiger partial charge in [0.05, 0.1) is 11.9 Å². The van der Waals surface area contributed by atoms with Crippen molar-refractivity contribution < 1.29 is 18.0 Å². The topological polar surface area (TPSA) is 67.8 Å². The van der Waals surface area contributed by atoms with E-state index in [4.69, 9.17) is 11.6 Å². The third kappa shape index (κ3) is 4.40. The van der Waals surface area contributed by atoms with Crippen molar-refractivity contribution in [1.29, 1.82) is 0 Å². The summed E-state index contributed by atoms with van der Waals surface area (Å²) >= 11 is 5.90. The quantitative estimate of drug-likeness (QED) is 0.652. The molecule has 138 valence electrons. The second-order valence-electron chi connectivity index (χ2n) is 5.61. The molecule has 0 spiro atoms. The molecule has 1 amide bonds. The number of pyridine rings is 3. The van der Waals surface area contributed by atoms with Crippen molar-refractivity contribution in [3.8, 4) is 11.1 Å². The standard InChI is InChI=1S/C18H12ClF3N4O/c1-10-14(11-2-5-24-16(19)7-11)8-13(9-25-10)26-17(27)12-3-4-23-15(6-12)18(20,21)22/h2-9H,1H3,(H,26,27). The van der Waals surface area contributed by atoms with E-state index in [0.717, 1.165) is 11.8 Å². The van der Waals surface area contributed by atoms with Crippen LogP contribution in [-0.4, -0.2) is 20.9 Å². The number of halogens is 4. The minimum atomic E-state index is -4.63. The number of nitrogens with one attached hydrogen (secondary N) is 1. The number of anilines is 1. The zero-order valence-electron chi connectivity index (χ0n) is 13.9. The summed E-state index contributed by atoms with van der Waals surface area (Å²) in [4.78, 5) is 23.7. The molecule has 3 rings (SSSR count). The first-order valence-electron chi connectivity index (χ1n) is 7.67. The highest BCUT2D eigenvalue weighted by Gasteiger charge is 2.32. The van der Waals surface area contributed by atoms with Crippen molar-refractivity contribution >= 4 is 23.2 Å². The lowest BCUT2D eigenvalue weighted by atomic mass is 10.1. The van der Waals surface area contributed by atoms with E-state index in [0.29, 0.717) is 28.2 Å². The molecule has 3 heterocycles. The Kier molecular flexibility index (Phi) is 5.09. The van der Waals surface area contributed by atoms with Crippen molar-refractivity contribution in [2.45, 2.75) is 13.1 Å². The van der Waals surface area contributed by atoms with E-state index < -0.39 is 17.8 Å². The van der Waals surface area contributed by atoms with Crippen molar-refractivity contribution in [3.05, 3.63) is 71.0 Å². The lowest BCUT2D eigenvalue weighted by molar-refractivity contribution is -0.141. The average Bonchev–Trinajstić information content (AvgIpc) is 2.62. The molecule has 9 heteroatoms. The van der Waals surface area contributed by atoms with Gasteiger partial charge in [-0.2, -0.15) is 13.2 Å². The van der Waals surface area contributed by atoms with E-state index in [1.165, 1.54) is 18.5 Å². The molecule has 0 fully saturated rings. The van der Waals surface area contributed by atoms with Crippen LogP contribution in [0.4, 0.5) is 18.9 Å². The van der Waals surface area contributed by atoms with Crippen molar-refractivity contribution in [2.75, 3.05) is 5.32 Å². The molecule has 0 unspecified atom stereocenters. The van der Waals surface area contributed by atoms with Crippen LogP contribution in [0, 0.1) is 6.92 Å². The van der Waals surface area contributed by atoms with E-state index in [1.54, 1.807) is 25.1 Å². The van der Waals surface area contributed by atoms with Gasteiger partial charge in [-0.15, -0.1) is 0 Å². The maximum absolute atomic E-state index is 12.8. The fourth-order valence-electron chi connectivity index (χ4n) is 2.39. The van der Waals surface area contributed by atoms with Crippen LogP contribution < -0.4 is 5.32 Å². The molecule has 0 saturated heterocycles. The van der Waals surface area contributed by atoms with Gasteiger partial charge in [0.1, 0.15) is 10.8 Å². The van der Waals surface area contributed by atoms with Crippen LogP contribution in [0.5, 0.6) is 0 Å². The van der Waals surface area contributed by atoms with E-state index >= 15 is 0 Å². The fraction of sp³-hybridized carbons (Fsp3) is 0.111. The molecule has 0 aromatic carbocycles. The van der Waals surface area contributed by atoms with Gasteiger partial charge in [-0.1, -0.05) is 11.6 Å². The van der Waals surface area contributed by atoms with Gasteiger partial charge in [0.15, 0.2) is 0 Å². The van der Waals surface area contributed by atoms with Crippen LogP contribution >= 0.6 is 11.6 Å². The number of aryl methyl sites for hydroxylation is 1. The van der Waals surface area contributed by atoms with Gasteiger partial charge < -0.3 is 5.32 Å². The molecule has 0 radical (unpaired) electrons. The van der Waals surface area contributed by atoms with Crippen molar-refractivity contribution in [1.82, 2.24) is 15.0 Å². The molecule has 0 atom stereocenters. The van der Waals surface area contributed by atoms with Gasteiger partial charge in [-0.3, -0.25) is 14.8 Å². The summed E-state index contributed by atoms with van der Waals surface area (Å²) in [5.74, 6) is -0.702. The Morgan fingerprint density at radius 3 is 2.52 bits per heavy atom. The van der Waals surface area contributed by atoms with E-state index in [-0.39, 0.29) is 5.56 Å². The van der Waals surface area contributed by atoms with Crippen LogP contribution in [0.2, 0.25) is 5.15 Å². The Labute approximate surface area is 157 Å². The first kappa shape index (κ1) is 18.8. The van der Waals surface area contributed by atoms with Crippen molar-refractivity contribution in [3.63, 3.8) is 0 Å². The summed E-state index contributed by atoms with van der Waals surface area (Å²) in [5, 5.41) is 2.85. The van der Waals surface area contributed by atoms with Gasteiger partial charge in [0.2, 0.25) is 0 Å². The maximum atomic E-state index is 12.8. The number of rotatable bonds is 3. The molecule has 0 saturated carbocycles. The predicted molar refractivity (Wildman–Crippen MR) is 94.4 cm³/mol. The second kappa shape index (κ2) is 7.32. The number of alkyl halides is 3. The summed E-state index contributed by atoms with van der Waals surface area (Å²) in [5.41, 5.74) is 1.19. The monoisotopic (exact) mass is 392 g/mol. The summed E-state index contributed by atoms with van der Waals surface area (Å²) < 4.78 is 38.3. The molecule has 1 N–H and O–H groups in total. The number of hydrogen-bond donors (Lipinski definition) is 1. The van der Waals surface area contributed by atoms with E-state index in [2.05, 4.69) is 20.3 Å². The summed E-state index contributed by atoms with van der Waals surface area (Å²) in [6, 6.07) is 6.95. The number of aromatic nitrogens is 3. The molecule has 0 aliphatic carbocycles. The third-order valence-electron chi connectivity index (χ3n) is 3.69. The number of carbonyl (C=O) groups excluding carboxylic acids is 1. The number of hydrogen-bond acceptors (Lipinski definition) is 4. The summed E-state index contributed by atoms with van der Waals surface area (Å²) in [6.07, 6.45) is -0.728. The lowest BCUT2D eigenvalue weighted by Gasteiger charge is -2.11. The minimum Gasteiger partial charge on any atom is -0.321 e. The van der Waals surface area contributed by atoms with Gasteiger partial charge in [-0.25, -0.2) is 4.98 Å². The first-order chi connectivity index (χ1) is 12.7. The average molecular weight is 393 g/mol. The minimum absolute atomic E-state index is 0.161. The Hall–Kier alpha value is -3.00. The molecule has 0 aliphatic rings. The van der Waals surface area contributed by atoms with E-state index in [1.807, 2.05) is 0 Å². The Morgan fingerprint density at radius 2 is 1.81 bits per heavy atom. The number of carbonyl (C=O) groups is 1. The second-order valence-corrected chi connectivity index (χ2v) is 5.99. The zero-order chi connectivity index (χ0) is 19.6. The van der Waals surface area contributed by atoms with Crippen LogP contribution in [0.3, 0.4) is 0 Å². The number of amides is 1. The van der Waals surface area contributed by atoms with Crippen LogP contribution in [0.1, 0.15) is 21.7 Å². The van der Waals surface area contributed by atoms with Crippen LogP contribution in [-0.2, 0) is 6.18 Å². The van der Waals surface area contributed by atoms with Crippen LogP contribution in [0.15, 0.2) is 48.9 Å². The Morgan fingerprint density at radius 1 is 1.07 bits per heavy atom. The molecule has 3 aromatic rings. The maximum Gasteiger partial charge on any atom is 0.433 e. The molecule has 3 aromatic heterocycles. The first-order valence-corrected chi connectivity index (χ1v) is 8.05. The summed E-state index contributed by atoms with van der Waals surface area (Å²) in [6.45, 7) is 1.79. The van der Waals surface area contributed by atoms with Crippen LogP contribution in [0.25, 0.3) is 11.1 Å². The molecule has 0 bridgehead atoms. The highest BCUT2D eigenvalue weighted by Crippen LogP contribution is 2.29. The largest absolute Gasteiger partial charge is 0.433 e. The van der Waals surface area contributed by atoms with Gasteiger partial charge in [-0.05, 0) is 42.8 Å². The molecule has 5 nitrogen and oxygen atoms in total. The molecule has 27 heavy (non-hydrogen) atoms. The summed E-state index contributed by atoms with van der Waals surface area (Å²) in [7, 11) is 0. The predicted octanol–water partition coefficient (Wildman–Crippen LogP) is 4.77. The molecule has 0 aliphatic heterocycles. The SMILES string of the molecule is Cc1ncc(NC(=O)c2ccnc(C(F)(F)F)c2)cc1-c1ccnc(Cl)c1. The number of nitrogens with zero attached hydrogens (tertiary/aromatic N) is 3. The van der Waals surface area contributed by atoms with Crippen molar-refractivity contribution in [2.24, 2.45) is 0 Å². The Bertz CT molecular complexity index is 1010. The fourth-order valence-corrected chi connectivity index (χ4v) is 2.57. The third-order valence-corrected chi connectivity index (χ3v) is 3.90. The Balaban J connectivity index is 1.88. The van der Waals surface area contributed by atoms with Gasteiger partial charge >= 0.3 is 6.18 Å². The highest BCUT2D eigenvalue weighted by atomic mass is 35.5. The van der Waals surface area contributed by atoms with E-state index in [9.17, 15) is 18.0 Å². The molecular formula is C18H12ClF3N4O. The zero-order valence-corrected chi connectivity index (χ0v) is 14.6. The van der Waals surface area contributed by atoms with Gasteiger partial charge in [0, 0.05) is 29.2 Å². The smallest absolute Gasteiger partial charge is 0.321 e. The normalized spacial score (nSPS) is 11.3. The highest BCUT2D eigenvalue weighted by molar-refractivity contribution is 6.29. The molecular weight excluding hydrogens is 381 g/mol. The lowest BCUT2D eigenvalue weighted by Crippen LogP contribution is -2.15. The van der Waals surface area contributed by atoms with Gasteiger partial charge in [0.25, 0.3) is 5.91 Å².